The van der Waals surface area contributed by atoms with Gasteiger partial charge in [0, 0.05) is 0 Å². The van der Waals surface area contributed by atoms with Crippen molar-refractivity contribution < 1.29 is 5.11 Å². The van der Waals surface area contributed by atoms with Crippen LogP contribution in [0.1, 0.15) is 0 Å². The summed E-state index contributed by atoms with van der Waals surface area (Å²) < 4.78 is 0. The minimum atomic E-state index is -0.0664. The Labute approximate surface area is 31.1 Å². The quantitative estimate of drug-likeness (QED) is 0.410. The van der Waals surface area contributed by atoms with Crippen LogP contribution in [0.2, 0.25) is 0 Å². The van der Waals surface area contributed by atoms with Gasteiger partial charge in [-0.25, -0.2) is 0 Å². The minimum Gasteiger partial charge on any atom is -0.854 e. The number of thiol groups is 1. The van der Waals surface area contributed by atoms with Gasteiger partial charge in [-0.1, -0.05) is 0 Å². The lowest BCUT2D eigenvalue weighted by molar-refractivity contribution is -0.360. The summed E-state index contributed by atoms with van der Waals surface area (Å²) in [5.74, 6) is 0.458. The summed E-state index contributed by atoms with van der Waals surface area (Å²) in [7, 11) is 0. The SMILES string of the molecule is [O-]CCS. The van der Waals surface area contributed by atoms with E-state index in [-0.39, 0.29) is 6.61 Å². The largest absolute Gasteiger partial charge is 0.854 e. The Kier molecular flexibility index (Phi) is 3.57. The molecule has 0 aliphatic rings. The Morgan fingerprint density at radius 3 is 2.00 bits per heavy atom. The normalized spacial score (nSPS) is 7.50. The Morgan fingerprint density at radius 2 is 2.00 bits per heavy atom. The van der Waals surface area contributed by atoms with Crippen LogP contribution in [0.4, 0.5) is 0 Å². The zero-order valence-corrected chi connectivity index (χ0v) is 3.16. The fraction of sp³-hybridized carbons (Fsp3) is 1.00. The van der Waals surface area contributed by atoms with Crippen LogP contribution in [0, 0.1) is 0 Å². The molecular formula is C2H5OS-. The molecule has 0 spiro atoms. The predicted molar refractivity (Wildman–Crippen MR) is 18.7 cm³/mol. The molecule has 0 radical (unpaired) electrons. The predicted octanol–water partition coefficient (Wildman–Crippen LogP) is -0.724. The second-order valence-corrected chi connectivity index (χ2v) is 0.875. The monoisotopic (exact) mass is 77.0 g/mol. The molecule has 26 valence electrons. The third-order valence-corrected chi connectivity index (χ3v) is 0.274. The fourth-order valence-corrected chi connectivity index (χ4v) is 0. The number of hydrogen-bond acceptors (Lipinski definition) is 2. The summed E-state index contributed by atoms with van der Waals surface area (Å²) in [5, 5.41) is 9.22. The molecule has 0 aromatic heterocycles. The molecule has 0 saturated heterocycles. The lowest BCUT2D eigenvalue weighted by Crippen LogP contribution is -2.05. The molecule has 1 nitrogen and oxygen atoms in total. The van der Waals surface area contributed by atoms with Crippen LogP contribution in [0.5, 0.6) is 0 Å². The smallest absolute Gasteiger partial charge is 0.0252 e. The second kappa shape index (κ2) is 3.31. The average Bonchev–Trinajstić information content (AvgIpc) is 1.37. The maximum Gasteiger partial charge on any atom is -0.0252 e. The van der Waals surface area contributed by atoms with E-state index in [0.29, 0.717) is 5.75 Å². The lowest BCUT2D eigenvalue weighted by atomic mass is 10.9. The lowest BCUT2D eigenvalue weighted by Gasteiger charge is -1.88. The third kappa shape index (κ3) is 2.31. The molecule has 0 fully saturated rings. The van der Waals surface area contributed by atoms with Crippen LogP contribution in [0.3, 0.4) is 0 Å². The Hall–Kier alpha value is 0.310. The molecule has 0 heterocycles. The molecule has 0 N–H and O–H groups in total. The van der Waals surface area contributed by atoms with E-state index >= 15 is 0 Å². The highest BCUT2D eigenvalue weighted by molar-refractivity contribution is 7.80. The van der Waals surface area contributed by atoms with Crippen molar-refractivity contribution >= 4 is 12.6 Å². The van der Waals surface area contributed by atoms with E-state index < -0.39 is 0 Å². The van der Waals surface area contributed by atoms with Gasteiger partial charge in [-0.15, -0.1) is 6.61 Å². The molecule has 0 bridgehead atoms. The first-order valence-electron chi connectivity index (χ1n) is 1.10. The van der Waals surface area contributed by atoms with Crippen molar-refractivity contribution in [3.63, 3.8) is 0 Å². The van der Waals surface area contributed by atoms with E-state index in [1.165, 1.54) is 0 Å². The molecule has 0 atom stereocenters. The minimum absolute atomic E-state index is 0.0664. The molecule has 0 rings (SSSR count). The summed E-state index contributed by atoms with van der Waals surface area (Å²) in [6, 6.07) is 0. The zero-order valence-electron chi connectivity index (χ0n) is 2.27. The molecule has 0 aromatic carbocycles. The highest BCUT2D eigenvalue weighted by Gasteiger charge is 1.46. The van der Waals surface area contributed by atoms with Crippen LogP contribution < -0.4 is 5.11 Å². The molecule has 0 aliphatic carbocycles. The zero-order chi connectivity index (χ0) is 3.41. The van der Waals surface area contributed by atoms with Gasteiger partial charge in [0.05, 0.1) is 0 Å². The van der Waals surface area contributed by atoms with Crippen molar-refractivity contribution in [3.05, 3.63) is 0 Å². The van der Waals surface area contributed by atoms with E-state index in [9.17, 15) is 5.11 Å². The molecule has 0 unspecified atom stereocenters. The average molecular weight is 77.1 g/mol. The highest BCUT2D eigenvalue weighted by atomic mass is 32.1. The first-order chi connectivity index (χ1) is 1.91. The summed E-state index contributed by atoms with van der Waals surface area (Å²) in [5.41, 5.74) is 0. The number of hydrogen-bond donors (Lipinski definition) is 1. The topological polar surface area (TPSA) is 23.1 Å². The van der Waals surface area contributed by atoms with Crippen molar-refractivity contribution in [1.29, 1.82) is 0 Å². The van der Waals surface area contributed by atoms with Crippen molar-refractivity contribution in [3.8, 4) is 0 Å². The van der Waals surface area contributed by atoms with Gasteiger partial charge >= 0.3 is 0 Å². The maximum absolute atomic E-state index is 9.22. The third-order valence-electron chi connectivity index (χ3n) is 0.0913. The first kappa shape index (κ1) is 4.31. The van der Waals surface area contributed by atoms with E-state index in [4.69, 9.17) is 0 Å². The van der Waals surface area contributed by atoms with Crippen molar-refractivity contribution in [2.24, 2.45) is 0 Å². The Balaban J connectivity index is 1.97. The number of rotatable bonds is 1. The van der Waals surface area contributed by atoms with Gasteiger partial charge < -0.3 is 5.11 Å². The van der Waals surface area contributed by atoms with Gasteiger partial charge in [0.15, 0.2) is 0 Å². The molecule has 0 aliphatic heterocycles. The standard InChI is InChI=1S/C2H5OS/c3-1-2-4/h4H,1-2H2/q-1. The van der Waals surface area contributed by atoms with E-state index in [0.717, 1.165) is 0 Å². The van der Waals surface area contributed by atoms with Crippen LogP contribution in [0.15, 0.2) is 0 Å². The van der Waals surface area contributed by atoms with Gasteiger partial charge in [0.1, 0.15) is 0 Å². The van der Waals surface area contributed by atoms with Gasteiger partial charge in [0.2, 0.25) is 0 Å². The molecule has 0 saturated carbocycles. The summed E-state index contributed by atoms with van der Waals surface area (Å²) in [6.07, 6.45) is 0. The van der Waals surface area contributed by atoms with Crippen molar-refractivity contribution in [1.82, 2.24) is 0 Å². The van der Waals surface area contributed by atoms with Gasteiger partial charge in [0.25, 0.3) is 0 Å². The summed E-state index contributed by atoms with van der Waals surface area (Å²) in [6.45, 7) is -0.0664. The summed E-state index contributed by atoms with van der Waals surface area (Å²) >= 11 is 3.61. The molecular weight excluding hydrogens is 72.1 g/mol. The molecule has 0 amide bonds. The Morgan fingerprint density at radius 1 is 1.75 bits per heavy atom. The fourth-order valence-electron chi connectivity index (χ4n) is 0. The van der Waals surface area contributed by atoms with Gasteiger partial charge in [-0.05, 0) is 5.75 Å². The highest BCUT2D eigenvalue weighted by Crippen LogP contribution is 1.58. The van der Waals surface area contributed by atoms with Crippen molar-refractivity contribution in [2.75, 3.05) is 12.4 Å². The van der Waals surface area contributed by atoms with Crippen molar-refractivity contribution in [2.45, 2.75) is 0 Å². The Bertz CT molecular complexity index is 8.00. The molecule has 2 heteroatoms. The van der Waals surface area contributed by atoms with Crippen LogP contribution in [0.25, 0.3) is 0 Å². The van der Waals surface area contributed by atoms with Gasteiger partial charge in [-0.2, -0.15) is 12.6 Å². The van der Waals surface area contributed by atoms with Crippen LogP contribution in [-0.4, -0.2) is 12.4 Å². The summed E-state index contributed by atoms with van der Waals surface area (Å²) in [4.78, 5) is 0. The molecule has 0 aromatic rings. The van der Waals surface area contributed by atoms with E-state index in [2.05, 4.69) is 12.6 Å². The molecule has 4 heavy (non-hydrogen) atoms. The van der Waals surface area contributed by atoms with Crippen LogP contribution >= 0.6 is 12.6 Å². The second-order valence-electron chi connectivity index (χ2n) is 0.428. The van der Waals surface area contributed by atoms with E-state index in [1.807, 2.05) is 0 Å². The first-order valence-corrected chi connectivity index (χ1v) is 1.74. The van der Waals surface area contributed by atoms with Crippen LogP contribution in [-0.2, 0) is 0 Å². The van der Waals surface area contributed by atoms with E-state index in [1.54, 1.807) is 0 Å². The van der Waals surface area contributed by atoms with Gasteiger partial charge in [-0.3, -0.25) is 0 Å². The maximum atomic E-state index is 9.22.